The molecule has 0 radical (unpaired) electrons. The molecular weight excluding hydrogens is 381 g/mol. The van der Waals surface area contributed by atoms with E-state index in [0.717, 1.165) is 42.0 Å². The molecule has 1 aliphatic carbocycles. The van der Waals surface area contributed by atoms with Gasteiger partial charge in [-0.2, -0.15) is 0 Å². The first-order chi connectivity index (χ1) is 9.85. The first kappa shape index (κ1) is 16.2. The summed E-state index contributed by atoms with van der Waals surface area (Å²) in [4.78, 5) is 4.24. The van der Waals surface area contributed by atoms with Gasteiger partial charge in [-0.15, -0.1) is 24.0 Å². The van der Waals surface area contributed by atoms with Gasteiger partial charge in [0, 0.05) is 31.8 Å². The third kappa shape index (κ3) is 4.66. The molecular formula is C15H22IN3O2. The van der Waals surface area contributed by atoms with Crippen LogP contribution in [0.5, 0.6) is 11.5 Å². The van der Waals surface area contributed by atoms with E-state index in [9.17, 15) is 0 Å². The molecule has 0 spiro atoms. The molecule has 1 fully saturated rings. The number of guanidine groups is 1. The van der Waals surface area contributed by atoms with E-state index in [1.807, 2.05) is 18.2 Å². The standard InChI is InChI=1S/C15H21N3O2.HI/c1-16-15(17-10-11-3-4-11)18-12-5-6-13-14(9-12)20-8-2-7-19-13;/h5-6,9,11H,2-4,7-8,10H2,1H3,(H2,16,17,18);1H. The third-order valence-corrected chi connectivity index (χ3v) is 3.49. The van der Waals surface area contributed by atoms with Crippen molar-refractivity contribution < 1.29 is 9.47 Å². The van der Waals surface area contributed by atoms with Gasteiger partial charge in [0.15, 0.2) is 17.5 Å². The Balaban J connectivity index is 0.00000161. The quantitative estimate of drug-likeness (QED) is 0.463. The molecule has 1 aromatic carbocycles. The predicted octanol–water partition coefficient (Wildman–Crippen LogP) is 2.86. The number of aliphatic imine (C=N–C) groups is 1. The van der Waals surface area contributed by atoms with Crippen LogP contribution in [-0.2, 0) is 0 Å². The SMILES string of the molecule is CN=C(NCC1CC1)Nc1ccc2c(c1)OCCCO2.I. The Kier molecular flexibility index (Phi) is 5.96. The van der Waals surface area contributed by atoms with Gasteiger partial charge >= 0.3 is 0 Å². The van der Waals surface area contributed by atoms with Crippen LogP contribution in [0.3, 0.4) is 0 Å². The molecule has 2 N–H and O–H groups in total. The lowest BCUT2D eigenvalue weighted by atomic mass is 10.2. The van der Waals surface area contributed by atoms with Crippen LogP contribution in [0.1, 0.15) is 19.3 Å². The number of nitrogens with one attached hydrogen (secondary N) is 2. The summed E-state index contributed by atoms with van der Waals surface area (Å²) in [5.74, 6) is 3.22. The molecule has 1 heterocycles. The average Bonchev–Trinajstić information content (AvgIpc) is 3.29. The van der Waals surface area contributed by atoms with E-state index in [2.05, 4.69) is 15.6 Å². The number of rotatable bonds is 3. The zero-order valence-electron chi connectivity index (χ0n) is 12.2. The van der Waals surface area contributed by atoms with Crippen molar-refractivity contribution in [3.63, 3.8) is 0 Å². The molecule has 3 rings (SSSR count). The second kappa shape index (κ2) is 7.72. The minimum Gasteiger partial charge on any atom is -0.490 e. The number of halogens is 1. The summed E-state index contributed by atoms with van der Waals surface area (Å²) in [7, 11) is 1.78. The molecule has 1 aromatic rings. The maximum Gasteiger partial charge on any atom is 0.195 e. The van der Waals surface area contributed by atoms with Crippen LogP contribution < -0.4 is 20.1 Å². The van der Waals surface area contributed by atoms with Gasteiger partial charge in [-0.1, -0.05) is 0 Å². The number of hydrogen-bond donors (Lipinski definition) is 2. The zero-order valence-corrected chi connectivity index (χ0v) is 14.6. The Labute approximate surface area is 142 Å². The normalized spacial score (nSPS) is 17.5. The van der Waals surface area contributed by atoms with Crippen LogP contribution in [0, 0.1) is 5.92 Å². The van der Waals surface area contributed by atoms with E-state index in [1.165, 1.54) is 12.8 Å². The average molecular weight is 403 g/mol. The molecule has 1 aliphatic heterocycles. The van der Waals surface area contributed by atoms with E-state index >= 15 is 0 Å². The van der Waals surface area contributed by atoms with Gasteiger partial charge < -0.3 is 20.1 Å². The number of hydrogen-bond acceptors (Lipinski definition) is 3. The maximum atomic E-state index is 5.69. The summed E-state index contributed by atoms with van der Waals surface area (Å²) in [6.45, 7) is 2.40. The molecule has 0 atom stereocenters. The number of fused-ring (bicyclic) bond motifs is 1. The van der Waals surface area contributed by atoms with Gasteiger partial charge in [-0.05, 0) is 30.9 Å². The van der Waals surface area contributed by atoms with Crippen molar-refractivity contribution in [2.75, 3.05) is 32.1 Å². The van der Waals surface area contributed by atoms with Gasteiger partial charge in [0.1, 0.15) is 0 Å². The lowest BCUT2D eigenvalue weighted by molar-refractivity contribution is 0.297. The van der Waals surface area contributed by atoms with E-state index in [4.69, 9.17) is 9.47 Å². The van der Waals surface area contributed by atoms with Crippen LogP contribution in [-0.4, -0.2) is 32.8 Å². The van der Waals surface area contributed by atoms with Crippen molar-refractivity contribution >= 4 is 35.6 Å². The Hall–Kier alpha value is -1.18. The highest BCUT2D eigenvalue weighted by molar-refractivity contribution is 14.0. The van der Waals surface area contributed by atoms with E-state index in [1.54, 1.807) is 7.05 Å². The zero-order chi connectivity index (χ0) is 13.8. The lowest BCUT2D eigenvalue weighted by Crippen LogP contribution is -2.32. The van der Waals surface area contributed by atoms with Crippen LogP contribution in [0.4, 0.5) is 5.69 Å². The van der Waals surface area contributed by atoms with Crippen molar-refractivity contribution in [3.8, 4) is 11.5 Å². The van der Waals surface area contributed by atoms with E-state index in [-0.39, 0.29) is 24.0 Å². The fourth-order valence-electron chi connectivity index (χ4n) is 2.12. The van der Waals surface area contributed by atoms with Crippen molar-refractivity contribution in [3.05, 3.63) is 18.2 Å². The number of benzene rings is 1. The second-order valence-corrected chi connectivity index (χ2v) is 5.23. The molecule has 116 valence electrons. The fraction of sp³-hybridized carbons (Fsp3) is 0.533. The van der Waals surface area contributed by atoms with Gasteiger partial charge in [-0.25, -0.2) is 0 Å². The highest BCUT2D eigenvalue weighted by atomic mass is 127. The molecule has 0 saturated heterocycles. The van der Waals surface area contributed by atoms with Gasteiger partial charge in [-0.3, -0.25) is 4.99 Å². The number of ether oxygens (including phenoxy) is 2. The fourth-order valence-corrected chi connectivity index (χ4v) is 2.12. The summed E-state index contributed by atoms with van der Waals surface area (Å²) >= 11 is 0. The van der Waals surface area contributed by atoms with Crippen LogP contribution in [0.15, 0.2) is 23.2 Å². The molecule has 2 aliphatic rings. The Morgan fingerprint density at radius 2 is 2.00 bits per heavy atom. The number of nitrogens with zero attached hydrogens (tertiary/aromatic N) is 1. The Morgan fingerprint density at radius 3 is 2.71 bits per heavy atom. The molecule has 6 heteroatoms. The largest absolute Gasteiger partial charge is 0.490 e. The van der Waals surface area contributed by atoms with E-state index < -0.39 is 0 Å². The molecule has 0 bridgehead atoms. The van der Waals surface area contributed by atoms with Crippen LogP contribution >= 0.6 is 24.0 Å². The predicted molar refractivity (Wildman–Crippen MR) is 95.2 cm³/mol. The monoisotopic (exact) mass is 403 g/mol. The first-order valence-corrected chi connectivity index (χ1v) is 7.22. The third-order valence-electron chi connectivity index (χ3n) is 3.49. The van der Waals surface area contributed by atoms with Crippen LogP contribution in [0.25, 0.3) is 0 Å². The van der Waals surface area contributed by atoms with Crippen molar-refractivity contribution in [2.45, 2.75) is 19.3 Å². The number of anilines is 1. The van der Waals surface area contributed by atoms with Crippen molar-refractivity contribution in [1.82, 2.24) is 5.32 Å². The lowest BCUT2D eigenvalue weighted by Gasteiger charge is -2.13. The summed E-state index contributed by atoms with van der Waals surface area (Å²) in [5.41, 5.74) is 0.957. The van der Waals surface area contributed by atoms with Crippen molar-refractivity contribution in [1.29, 1.82) is 0 Å². The maximum absolute atomic E-state index is 5.69. The highest BCUT2D eigenvalue weighted by Gasteiger charge is 2.21. The minimum atomic E-state index is 0. The summed E-state index contributed by atoms with van der Waals surface area (Å²) in [5, 5.41) is 6.62. The topological polar surface area (TPSA) is 54.9 Å². The Bertz CT molecular complexity index is 504. The minimum absolute atomic E-state index is 0. The highest BCUT2D eigenvalue weighted by Crippen LogP contribution is 2.32. The summed E-state index contributed by atoms with van der Waals surface area (Å²) in [6, 6.07) is 5.89. The molecule has 21 heavy (non-hydrogen) atoms. The summed E-state index contributed by atoms with van der Waals surface area (Å²) in [6.07, 6.45) is 3.57. The van der Waals surface area contributed by atoms with E-state index in [0.29, 0.717) is 13.2 Å². The van der Waals surface area contributed by atoms with Crippen molar-refractivity contribution in [2.24, 2.45) is 10.9 Å². The van der Waals surface area contributed by atoms with Crippen LogP contribution in [0.2, 0.25) is 0 Å². The van der Waals surface area contributed by atoms with Gasteiger partial charge in [0.25, 0.3) is 0 Å². The van der Waals surface area contributed by atoms with Gasteiger partial charge in [0.05, 0.1) is 13.2 Å². The second-order valence-electron chi connectivity index (χ2n) is 5.23. The molecule has 0 unspecified atom stereocenters. The summed E-state index contributed by atoms with van der Waals surface area (Å²) < 4.78 is 11.3. The molecule has 5 nitrogen and oxygen atoms in total. The molecule has 0 amide bonds. The molecule has 1 saturated carbocycles. The first-order valence-electron chi connectivity index (χ1n) is 7.22. The van der Waals surface area contributed by atoms with Gasteiger partial charge in [0.2, 0.25) is 0 Å². The molecule has 0 aromatic heterocycles. The Morgan fingerprint density at radius 1 is 1.24 bits per heavy atom. The smallest absolute Gasteiger partial charge is 0.195 e.